The fraction of sp³-hybridized carbons (Fsp3) is 0.0769. The molecule has 2 aliphatic carbocycles. The Labute approximate surface area is 155 Å². The third-order valence-corrected chi connectivity index (χ3v) is 5.54. The molecule has 0 heteroatoms. The van der Waals surface area contributed by atoms with Gasteiger partial charge in [0.25, 0.3) is 0 Å². The van der Waals surface area contributed by atoms with Gasteiger partial charge in [0.15, 0.2) is 0 Å². The second-order valence-electron chi connectivity index (χ2n) is 6.72. The van der Waals surface area contributed by atoms with Crippen molar-refractivity contribution in [3.63, 3.8) is 0 Å². The molecular weight excluding hydrogens is 312 g/mol. The van der Waals surface area contributed by atoms with Gasteiger partial charge in [-0.05, 0) is 51.5 Å². The average Bonchev–Trinajstić information content (AvgIpc) is 3.08. The minimum Gasteiger partial charge on any atom is -0.0990 e. The van der Waals surface area contributed by atoms with E-state index in [0.717, 1.165) is 22.3 Å². The second kappa shape index (κ2) is 6.00. The smallest absolute Gasteiger partial charge is 0.0714 e. The van der Waals surface area contributed by atoms with Crippen LogP contribution in [-0.2, 0) is 5.41 Å². The Balaban J connectivity index is 2.11. The van der Waals surface area contributed by atoms with E-state index in [9.17, 15) is 0 Å². The first kappa shape index (κ1) is 16.4. The van der Waals surface area contributed by atoms with Gasteiger partial charge in [-0.2, -0.15) is 0 Å². The average molecular weight is 334 g/mol. The molecule has 0 nitrogen and oxygen atoms in total. The lowest BCUT2D eigenvalue weighted by Crippen LogP contribution is -2.25. The largest absolute Gasteiger partial charge is 0.0990 e. The second-order valence-corrected chi connectivity index (χ2v) is 6.72. The first-order valence-electron chi connectivity index (χ1n) is 8.92. The van der Waals surface area contributed by atoms with Crippen molar-refractivity contribution in [2.45, 2.75) is 12.3 Å². The molecule has 2 aliphatic rings. The molecule has 0 aliphatic heterocycles. The summed E-state index contributed by atoms with van der Waals surface area (Å²) in [6.45, 7) is 15.1. The van der Waals surface area contributed by atoms with Gasteiger partial charge >= 0.3 is 0 Å². The van der Waals surface area contributed by atoms with Crippen LogP contribution in [0.5, 0.6) is 0 Å². The van der Waals surface area contributed by atoms with Gasteiger partial charge in [-0.1, -0.05) is 98.6 Å². The molecule has 4 rings (SSSR count). The van der Waals surface area contributed by atoms with E-state index in [1.165, 1.54) is 22.3 Å². The van der Waals surface area contributed by atoms with Crippen LogP contribution in [0, 0.1) is 0 Å². The lowest BCUT2D eigenvalue weighted by Gasteiger charge is -2.29. The van der Waals surface area contributed by atoms with Gasteiger partial charge in [0.05, 0.1) is 5.41 Å². The first-order chi connectivity index (χ1) is 12.7. The highest BCUT2D eigenvalue weighted by atomic mass is 14.5. The van der Waals surface area contributed by atoms with Crippen LogP contribution in [0.4, 0.5) is 0 Å². The van der Waals surface area contributed by atoms with Crippen LogP contribution in [0.2, 0.25) is 0 Å². The van der Waals surface area contributed by atoms with E-state index >= 15 is 0 Å². The summed E-state index contributed by atoms with van der Waals surface area (Å²) in [4.78, 5) is 0. The van der Waals surface area contributed by atoms with E-state index in [4.69, 9.17) is 0 Å². The molecule has 0 unspecified atom stereocenters. The molecule has 0 atom stereocenters. The fourth-order valence-corrected chi connectivity index (χ4v) is 4.49. The van der Waals surface area contributed by atoms with Gasteiger partial charge in [-0.15, -0.1) is 0 Å². The molecule has 0 saturated heterocycles. The lowest BCUT2D eigenvalue weighted by molar-refractivity contribution is 0.795. The Bertz CT molecular complexity index is 992. The summed E-state index contributed by atoms with van der Waals surface area (Å²) in [5, 5.41) is 0. The normalized spacial score (nSPS) is 20.3. The molecule has 126 valence electrons. The maximum absolute atomic E-state index is 4.57. The Morgan fingerprint density at radius 3 is 1.77 bits per heavy atom. The maximum atomic E-state index is 4.57. The zero-order valence-electron chi connectivity index (χ0n) is 15.1. The van der Waals surface area contributed by atoms with Crippen molar-refractivity contribution in [1.29, 1.82) is 0 Å². The highest BCUT2D eigenvalue weighted by Gasteiger charge is 2.53. The maximum Gasteiger partial charge on any atom is 0.0714 e. The Morgan fingerprint density at radius 1 is 0.769 bits per heavy atom. The summed E-state index contributed by atoms with van der Waals surface area (Å²) in [5.74, 6) is 0. The van der Waals surface area contributed by atoms with Crippen LogP contribution in [0.1, 0.15) is 18.1 Å². The standard InChI is InChI=1S/C26H22/c1-5-7-13-21-19(4)26(18(3)20(21)12-6-2)24-16-10-8-14-22(24)23-15-9-11-17-25(23)26/h5-17H,2-4H2,1H3/b7-5-,20-12+,21-13+. The number of allylic oxidation sites excluding steroid dienone is 9. The minimum atomic E-state index is -0.393. The van der Waals surface area contributed by atoms with Crippen LogP contribution in [0.25, 0.3) is 11.1 Å². The summed E-state index contributed by atoms with van der Waals surface area (Å²) in [6.07, 6.45) is 10.1. The van der Waals surface area contributed by atoms with Crippen molar-refractivity contribution in [1.82, 2.24) is 0 Å². The van der Waals surface area contributed by atoms with Gasteiger partial charge in [0.2, 0.25) is 0 Å². The molecule has 0 bridgehead atoms. The third kappa shape index (κ3) is 1.90. The van der Waals surface area contributed by atoms with Gasteiger partial charge in [0.1, 0.15) is 0 Å². The molecule has 0 radical (unpaired) electrons. The highest BCUT2D eigenvalue weighted by molar-refractivity contribution is 5.92. The number of rotatable bonds is 2. The molecule has 2 aromatic rings. The predicted molar refractivity (Wildman–Crippen MR) is 112 cm³/mol. The summed E-state index contributed by atoms with van der Waals surface area (Å²) in [6, 6.07) is 17.3. The first-order valence-corrected chi connectivity index (χ1v) is 8.92. The van der Waals surface area contributed by atoms with Crippen molar-refractivity contribution in [3.8, 4) is 11.1 Å². The molecule has 1 spiro atoms. The monoisotopic (exact) mass is 334 g/mol. The van der Waals surface area contributed by atoms with E-state index in [2.05, 4.69) is 86.5 Å². The minimum absolute atomic E-state index is 0.393. The molecule has 0 amide bonds. The van der Waals surface area contributed by atoms with Gasteiger partial charge in [-0.3, -0.25) is 0 Å². The third-order valence-electron chi connectivity index (χ3n) is 5.54. The molecule has 0 aromatic heterocycles. The van der Waals surface area contributed by atoms with E-state index in [1.807, 2.05) is 19.1 Å². The SMILES string of the molecule is C=C\C=C1/C(=C)C2(C(=C)/C1=C\C=C/C)c1ccccc1-c1ccccc12. The van der Waals surface area contributed by atoms with Crippen LogP contribution in [-0.4, -0.2) is 0 Å². The van der Waals surface area contributed by atoms with E-state index in [1.54, 1.807) is 0 Å². The Morgan fingerprint density at radius 2 is 1.27 bits per heavy atom. The molecule has 0 N–H and O–H groups in total. The molecule has 26 heavy (non-hydrogen) atoms. The molecule has 2 aromatic carbocycles. The van der Waals surface area contributed by atoms with E-state index in [-0.39, 0.29) is 0 Å². The summed E-state index contributed by atoms with van der Waals surface area (Å²) in [5.41, 5.74) is 9.13. The van der Waals surface area contributed by atoms with Crippen molar-refractivity contribution < 1.29 is 0 Å². The van der Waals surface area contributed by atoms with Gasteiger partial charge in [0, 0.05) is 0 Å². The summed E-state index contributed by atoms with van der Waals surface area (Å²) >= 11 is 0. The number of hydrogen-bond donors (Lipinski definition) is 0. The highest BCUT2D eigenvalue weighted by Crippen LogP contribution is 2.63. The van der Waals surface area contributed by atoms with E-state index in [0.29, 0.717) is 0 Å². The fourth-order valence-electron chi connectivity index (χ4n) is 4.49. The predicted octanol–water partition coefficient (Wildman–Crippen LogP) is 6.69. The Hall–Kier alpha value is -3.12. The number of fused-ring (bicyclic) bond motifs is 5. The van der Waals surface area contributed by atoms with Crippen LogP contribution in [0.3, 0.4) is 0 Å². The zero-order valence-corrected chi connectivity index (χ0v) is 15.1. The molecule has 1 fully saturated rings. The van der Waals surface area contributed by atoms with Gasteiger partial charge in [-0.25, -0.2) is 0 Å². The van der Waals surface area contributed by atoms with E-state index < -0.39 is 5.41 Å². The summed E-state index contributed by atoms with van der Waals surface area (Å²) in [7, 11) is 0. The van der Waals surface area contributed by atoms with Crippen molar-refractivity contribution in [3.05, 3.63) is 132 Å². The zero-order chi connectivity index (χ0) is 18.3. The molecular formula is C26H22. The Kier molecular flexibility index (Phi) is 3.77. The van der Waals surface area contributed by atoms with Crippen LogP contribution < -0.4 is 0 Å². The lowest BCUT2D eigenvalue weighted by atomic mass is 9.71. The topological polar surface area (TPSA) is 0 Å². The quantitative estimate of drug-likeness (QED) is 0.573. The van der Waals surface area contributed by atoms with Crippen molar-refractivity contribution in [2.24, 2.45) is 0 Å². The van der Waals surface area contributed by atoms with Crippen molar-refractivity contribution in [2.75, 3.05) is 0 Å². The summed E-state index contributed by atoms with van der Waals surface area (Å²) < 4.78 is 0. The number of benzene rings is 2. The number of hydrogen-bond acceptors (Lipinski definition) is 0. The van der Waals surface area contributed by atoms with Crippen LogP contribution in [0.15, 0.2) is 121 Å². The molecule has 0 heterocycles. The van der Waals surface area contributed by atoms with Crippen LogP contribution >= 0.6 is 0 Å². The molecule has 1 saturated carbocycles. The van der Waals surface area contributed by atoms with Gasteiger partial charge < -0.3 is 0 Å². The van der Waals surface area contributed by atoms with Crippen molar-refractivity contribution >= 4 is 0 Å².